The molecule has 0 bridgehead atoms. The highest BCUT2D eigenvalue weighted by molar-refractivity contribution is 5.68. The number of aliphatic hydroxyl groups excluding tert-OH is 2. The summed E-state index contributed by atoms with van der Waals surface area (Å²) in [6, 6.07) is 5.04. The third-order valence-electron chi connectivity index (χ3n) is 5.55. The first-order valence-corrected chi connectivity index (χ1v) is 10.3. The quantitative estimate of drug-likeness (QED) is 0.502. The molecule has 0 radical (unpaired) electrons. The Labute approximate surface area is 176 Å². The normalized spacial score (nSPS) is 26.8. The van der Waals surface area contributed by atoms with E-state index in [-0.39, 0.29) is 12.0 Å². The average Bonchev–Trinajstić information content (AvgIpc) is 3.01. The number of benzene rings is 1. The molecule has 1 fully saturated rings. The van der Waals surface area contributed by atoms with Crippen LogP contribution in [-0.2, 0) is 4.79 Å². The standard InChI is InChI=1S/C23H30O7/c1-3-4-6-14(2)11-15(24)9-10-16-17(25)12-20-22(16)29-19-8-5-7-18(23(19)30-20)28-13-21(26)27/h3,5,7-10,14-17,20,22,24-25H,1,4,6,11-13H2,2H3,(H,26,27). The number of hydrogen-bond donors (Lipinski definition) is 3. The largest absolute Gasteiger partial charge is 0.482 e. The van der Waals surface area contributed by atoms with E-state index in [1.165, 1.54) is 0 Å². The van der Waals surface area contributed by atoms with Crippen LogP contribution in [-0.4, -0.2) is 52.3 Å². The van der Waals surface area contributed by atoms with Gasteiger partial charge >= 0.3 is 5.97 Å². The molecule has 30 heavy (non-hydrogen) atoms. The minimum absolute atomic E-state index is 0.297. The second kappa shape index (κ2) is 10.00. The van der Waals surface area contributed by atoms with Gasteiger partial charge < -0.3 is 29.5 Å². The van der Waals surface area contributed by atoms with Gasteiger partial charge in [-0.25, -0.2) is 4.79 Å². The van der Waals surface area contributed by atoms with Crippen molar-refractivity contribution in [1.82, 2.24) is 0 Å². The Morgan fingerprint density at radius 1 is 1.40 bits per heavy atom. The molecular formula is C23H30O7. The van der Waals surface area contributed by atoms with Crippen LogP contribution in [0.4, 0.5) is 0 Å². The second-order valence-corrected chi connectivity index (χ2v) is 8.04. The van der Waals surface area contributed by atoms with Gasteiger partial charge in [-0.3, -0.25) is 0 Å². The van der Waals surface area contributed by atoms with Crippen molar-refractivity contribution in [3.8, 4) is 17.2 Å². The number of rotatable bonds is 10. The first kappa shape index (κ1) is 22.2. The monoisotopic (exact) mass is 418 g/mol. The predicted molar refractivity (Wildman–Crippen MR) is 111 cm³/mol. The summed E-state index contributed by atoms with van der Waals surface area (Å²) in [6.45, 7) is 5.34. The molecule has 0 spiro atoms. The maximum atomic E-state index is 10.8. The highest BCUT2D eigenvalue weighted by atomic mass is 16.6. The van der Waals surface area contributed by atoms with E-state index < -0.39 is 30.9 Å². The van der Waals surface area contributed by atoms with E-state index in [1.54, 1.807) is 24.3 Å². The van der Waals surface area contributed by atoms with Crippen molar-refractivity contribution in [3.05, 3.63) is 43.0 Å². The smallest absolute Gasteiger partial charge is 0.341 e. The average molecular weight is 418 g/mol. The lowest BCUT2D eigenvalue weighted by Crippen LogP contribution is -2.39. The van der Waals surface area contributed by atoms with Gasteiger partial charge in [-0.15, -0.1) is 6.58 Å². The van der Waals surface area contributed by atoms with Gasteiger partial charge in [-0.2, -0.15) is 0 Å². The Morgan fingerprint density at radius 3 is 2.93 bits per heavy atom. The molecule has 0 amide bonds. The number of carboxylic acid groups (broad SMARTS) is 1. The first-order chi connectivity index (χ1) is 14.4. The van der Waals surface area contributed by atoms with Gasteiger partial charge in [-0.1, -0.05) is 31.2 Å². The molecule has 1 aromatic rings. The number of carbonyl (C=O) groups is 1. The Hall–Kier alpha value is -2.51. The van der Waals surface area contributed by atoms with Crippen molar-refractivity contribution < 1.29 is 34.3 Å². The van der Waals surface area contributed by atoms with E-state index in [2.05, 4.69) is 13.5 Å². The molecule has 3 N–H and O–H groups in total. The van der Waals surface area contributed by atoms with Gasteiger partial charge in [0.1, 0.15) is 12.2 Å². The summed E-state index contributed by atoms with van der Waals surface area (Å²) in [5, 5.41) is 29.7. The zero-order chi connectivity index (χ0) is 21.7. The van der Waals surface area contributed by atoms with E-state index in [9.17, 15) is 15.0 Å². The zero-order valence-corrected chi connectivity index (χ0v) is 17.1. The van der Waals surface area contributed by atoms with Crippen molar-refractivity contribution in [2.45, 2.75) is 57.0 Å². The fraction of sp³-hybridized carbons (Fsp3) is 0.522. The molecule has 1 aliphatic heterocycles. The van der Waals surface area contributed by atoms with Gasteiger partial charge in [0.15, 0.2) is 18.1 Å². The Balaban J connectivity index is 1.66. The molecule has 1 heterocycles. The molecule has 1 aromatic carbocycles. The zero-order valence-electron chi connectivity index (χ0n) is 17.1. The molecule has 0 aromatic heterocycles. The van der Waals surface area contributed by atoms with Crippen LogP contribution in [0.3, 0.4) is 0 Å². The lowest BCUT2D eigenvalue weighted by Gasteiger charge is -2.32. The topological polar surface area (TPSA) is 105 Å². The van der Waals surface area contributed by atoms with Gasteiger partial charge in [0.25, 0.3) is 0 Å². The van der Waals surface area contributed by atoms with E-state index in [4.69, 9.17) is 19.3 Å². The molecule has 7 heteroatoms. The minimum atomic E-state index is -1.08. The van der Waals surface area contributed by atoms with E-state index in [1.807, 2.05) is 12.2 Å². The molecule has 2 aliphatic rings. The number of fused-ring (bicyclic) bond motifs is 2. The van der Waals surface area contributed by atoms with Crippen LogP contribution < -0.4 is 14.2 Å². The third-order valence-corrected chi connectivity index (χ3v) is 5.55. The van der Waals surface area contributed by atoms with Crippen LogP contribution >= 0.6 is 0 Å². The summed E-state index contributed by atoms with van der Waals surface area (Å²) in [7, 11) is 0. The Bertz CT molecular complexity index is 775. The van der Waals surface area contributed by atoms with Crippen molar-refractivity contribution in [2.24, 2.45) is 11.8 Å². The fourth-order valence-electron chi connectivity index (χ4n) is 4.03. The molecular weight excluding hydrogens is 388 g/mol. The highest BCUT2D eigenvalue weighted by Gasteiger charge is 2.47. The first-order valence-electron chi connectivity index (χ1n) is 10.3. The van der Waals surface area contributed by atoms with Crippen LogP contribution in [0.15, 0.2) is 43.0 Å². The molecule has 1 aliphatic carbocycles. The molecule has 7 nitrogen and oxygen atoms in total. The number of allylic oxidation sites excluding steroid dienone is 1. The van der Waals surface area contributed by atoms with Crippen LogP contribution in [0.25, 0.3) is 0 Å². The number of carboxylic acids is 1. The Morgan fingerprint density at radius 2 is 2.20 bits per heavy atom. The van der Waals surface area contributed by atoms with Gasteiger partial charge in [0, 0.05) is 12.3 Å². The number of aliphatic carboxylic acids is 1. The number of ether oxygens (including phenoxy) is 3. The molecule has 1 saturated carbocycles. The molecule has 164 valence electrons. The molecule has 3 rings (SSSR count). The number of hydrogen-bond acceptors (Lipinski definition) is 6. The van der Waals surface area contributed by atoms with E-state index in [0.29, 0.717) is 36.0 Å². The number of para-hydroxylation sites is 1. The highest BCUT2D eigenvalue weighted by Crippen LogP contribution is 2.46. The van der Waals surface area contributed by atoms with Gasteiger partial charge in [0.05, 0.1) is 12.2 Å². The van der Waals surface area contributed by atoms with Crippen molar-refractivity contribution in [3.63, 3.8) is 0 Å². The summed E-state index contributed by atoms with van der Waals surface area (Å²) >= 11 is 0. The summed E-state index contributed by atoms with van der Waals surface area (Å²) in [5.74, 6) is 0.0733. The van der Waals surface area contributed by atoms with Crippen LogP contribution in [0.5, 0.6) is 17.2 Å². The fourth-order valence-corrected chi connectivity index (χ4v) is 4.03. The molecule has 6 atom stereocenters. The lowest BCUT2D eigenvalue weighted by atomic mass is 9.96. The second-order valence-electron chi connectivity index (χ2n) is 8.04. The summed E-state index contributed by atoms with van der Waals surface area (Å²) in [5.41, 5.74) is 0. The van der Waals surface area contributed by atoms with E-state index >= 15 is 0 Å². The lowest BCUT2D eigenvalue weighted by molar-refractivity contribution is -0.139. The Kier molecular flexibility index (Phi) is 7.39. The SMILES string of the molecule is C=CCCC(C)CC(O)C=CC1C(O)CC2Oc3c(OCC(=O)O)cccc3OC21. The number of aliphatic hydroxyl groups is 2. The van der Waals surface area contributed by atoms with Gasteiger partial charge in [0.2, 0.25) is 5.75 Å². The maximum Gasteiger partial charge on any atom is 0.341 e. The van der Waals surface area contributed by atoms with Crippen LogP contribution in [0.2, 0.25) is 0 Å². The summed E-state index contributed by atoms with van der Waals surface area (Å²) in [4.78, 5) is 10.8. The molecule has 0 saturated heterocycles. The van der Waals surface area contributed by atoms with Crippen molar-refractivity contribution >= 4 is 5.97 Å². The maximum absolute atomic E-state index is 10.8. The third kappa shape index (κ3) is 5.34. The summed E-state index contributed by atoms with van der Waals surface area (Å²) in [6.07, 6.45) is 6.29. The van der Waals surface area contributed by atoms with Gasteiger partial charge in [-0.05, 0) is 37.3 Å². The van der Waals surface area contributed by atoms with Crippen LogP contribution in [0, 0.1) is 11.8 Å². The van der Waals surface area contributed by atoms with Crippen LogP contribution in [0.1, 0.15) is 32.6 Å². The molecule has 6 unspecified atom stereocenters. The van der Waals surface area contributed by atoms with Crippen molar-refractivity contribution in [2.75, 3.05) is 6.61 Å². The predicted octanol–water partition coefficient (Wildman–Crippen LogP) is 2.95. The summed E-state index contributed by atoms with van der Waals surface area (Å²) < 4.78 is 17.4. The van der Waals surface area contributed by atoms with Crippen molar-refractivity contribution in [1.29, 1.82) is 0 Å². The minimum Gasteiger partial charge on any atom is -0.482 e. The van der Waals surface area contributed by atoms with E-state index in [0.717, 1.165) is 12.8 Å².